The number of nitrogens with one attached hydrogen (secondary N) is 1. The van der Waals surface area contributed by atoms with Crippen LogP contribution in [-0.2, 0) is 23.1 Å². The van der Waals surface area contributed by atoms with E-state index in [2.05, 4.69) is 21.5 Å². The molecule has 0 spiro atoms. The van der Waals surface area contributed by atoms with E-state index < -0.39 is 12.1 Å². The number of carbonyl (C=O) groups excluding carboxylic acids is 1. The highest BCUT2D eigenvalue weighted by molar-refractivity contribution is 7.08. The number of hydrogen-bond donors (Lipinski definition) is 2. The molecule has 0 bridgehead atoms. The third-order valence-electron chi connectivity index (χ3n) is 5.23. The van der Waals surface area contributed by atoms with E-state index in [-0.39, 0.29) is 5.91 Å². The van der Waals surface area contributed by atoms with Gasteiger partial charge in [-0.2, -0.15) is 29.6 Å². The molecule has 8 nitrogen and oxygen atoms in total. The summed E-state index contributed by atoms with van der Waals surface area (Å²) in [6.07, 6.45) is -0.800. The normalized spacial score (nSPS) is 23.2. The van der Waals surface area contributed by atoms with Gasteiger partial charge in [-0.05, 0) is 11.4 Å². The van der Waals surface area contributed by atoms with E-state index in [0.717, 1.165) is 31.8 Å². The second-order valence-corrected chi connectivity index (χ2v) is 8.32. The fraction of sp³-hybridized carbons (Fsp3) is 0.526. The van der Waals surface area contributed by atoms with E-state index in [0.29, 0.717) is 24.5 Å². The smallest absolute Gasteiger partial charge is 0.475 e. The predicted octanol–water partition coefficient (Wildman–Crippen LogP) is 1.99. The molecular formula is C19H23F3N4O4S. The lowest BCUT2D eigenvalue weighted by Gasteiger charge is -2.19. The van der Waals surface area contributed by atoms with Crippen LogP contribution in [-0.4, -0.2) is 70.2 Å². The van der Waals surface area contributed by atoms with Gasteiger partial charge >= 0.3 is 12.1 Å². The van der Waals surface area contributed by atoms with Gasteiger partial charge in [0.1, 0.15) is 0 Å². The van der Waals surface area contributed by atoms with Gasteiger partial charge in [-0.1, -0.05) is 0 Å². The van der Waals surface area contributed by atoms with E-state index >= 15 is 0 Å². The van der Waals surface area contributed by atoms with Crippen molar-refractivity contribution < 1.29 is 32.6 Å². The zero-order valence-electron chi connectivity index (χ0n) is 16.7. The van der Waals surface area contributed by atoms with Crippen molar-refractivity contribution in [2.45, 2.75) is 18.8 Å². The van der Waals surface area contributed by atoms with Crippen molar-refractivity contribution in [3.8, 4) is 0 Å². The highest BCUT2D eigenvalue weighted by atomic mass is 32.1. The van der Waals surface area contributed by atoms with Gasteiger partial charge < -0.3 is 15.2 Å². The molecule has 170 valence electrons. The monoisotopic (exact) mass is 460 g/mol. The molecular weight excluding hydrogens is 437 g/mol. The molecule has 2 saturated heterocycles. The van der Waals surface area contributed by atoms with Crippen LogP contribution in [0.1, 0.15) is 15.9 Å². The quantitative estimate of drug-likeness (QED) is 0.709. The Hall–Kier alpha value is -2.44. The van der Waals surface area contributed by atoms with Crippen LogP contribution < -0.4 is 5.32 Å². The standard InChI is InChI=1S/C17H22N4O2S.C2HF3O2/c1-20-6-12(4-19-20)7-21-8-15-14(10-23-16(15)9-21)5-18-17(22)13-2-3-24-11-13;3-2(4,5)1(6)7/h2-4,6,11,14-16H,5,7-10H2,1H3,(H,18,22);(H,6,7)/t14-,15+,16+;/m0./s1. The molecule has 0 saturated carbocycles. The summed E-state index contributed by atoms with van der Waals surface area (Å²) in [6, 6.07) is 1.86. The first-order valence-corrected chi connectivity index (χ1v) is 10.5. The van der Waals surface area contributed by atoms with Crippen LogP contribution in [0.25, 0.3) is 0 Å². The Morgan fingerprint density at radius 1 is 1.39 bits per heavy atom. The number of ether oxygens (including phenoxy) is 1. The maximum atomic E-state index is 12.1. The number of thiophene rings is 1. The van der Waals surface area contributed by atoms with Gasteiger partial charge in [0.15, 0.2) is 0 Å². The fourth-order valence-electron chi connectivity index (χ4n) is 3.75. The highest BCUT2D eigenvalue weighted by Crippen LogP contribution is 2.34. The number of likely N-dealkylation sites (tertiary alicyclic amines) is 1. The van der Waals surface area contributed by atoms with E-state index in [1.807, 2.05) is 34.8 Å². The van der Waals surface area contributed by atoms with Gasteiger partial charge in [0.05, 0.1) is 18.9 Å². The van der Waals surface area contributed by atoms with Crippen LogP contribution in [0.5, 0.6) is 0 Å². The number of nitrogens with zero attached hydrogens (tertiary/aromatic N) is 3. The van der Waals surface area contributed by atoms with E-state index in [1.54, 1.807) is 11.3 Å². The van der Waals surface area contributed by atoms with Crippen LogP contribution in [0.3, 0.4) is 0 Å². The molecule has 0 aromatic carbocycles. The fourth-order valence-corrected chi connectivity index (χ4v) is 4.39. The number of rotatable bonds is 5. The summed E-state index contributed by atoms with van der Waals surface area (Å²) in [7, 11) is 1.94. The summed E-state index contributed by atoms with van der Waals surface area (Å²) in [6.45, 7) is 4.35. The zero-order valence-corrected chi connectivity index (χ0v) is 17.5. The van der Waals surface area contributed by atoms with Gasteiger partial charge in [-0.25, -0.2) is 4.79 Å². The van der Waals surface area contributed by atoms with E-state index in [9.17, 15) is 18.0 Å². The number of halogens is 3. The molecule has 2 aromatic rings. The lowest BCUT2D eigenvalue weighted by Crippen LogP contribution is -2.34. The van der Waals surface area contributed by atoms with Gasteiger partial charge in [0.2, 0.25) is 0 Å². The molecule has 0 unspecified atom stereocenters. The average Bonchev–Trinajstić information content (AvgIpc) is 3.45. The number of amides is 1. The molecule has 1 amide bonds. The Kier molecular flexibility index (Phi) is 7.34. The van der Waals surface area contributed by atoms with E-state index in [1.165, 1.54) is 5.56 Å². The average molecular weight is 460 g/mol. The van der Waals surface area contributed by atoms with Gasteiger partial charge in [0.25, 0.3) is 5.91 Å². The number of fused-ring (bicyclic) bond motifs is 1. The Morgan fingerprint density at radius 2 is 2.13 bits per heavy atom. The Bertz CT molecular complexity index is 887. The first kappa shape index (κ1) is 23.2. The lowest BCUT2D eigenvalue weighted by atomic mass is 9.93. The second-order valence-electron chi connectivity index (χ2n) is 7.54. The number of carboxylic acids is 1. The first-order valence-electron chi connectivity index (χ1n) is 9.55. The Labute approximate surface area is 180 Å². The Balaban J connectivity index is 0.000000339. The molecule has 3 atom stereocenters. The van der Waals surface area contributed by atoms with Crippen LogP contribution >= 0.6 is 11.3 Å². The molecule has 12 heteroatoms. The summed E-state index contributed by atoms with van der Waals surface area (Å²) in [5.41, 5.74) is 1.99. The number of aliphatic carboxylic acids is 1. The van der Waals surface area contributed by atoms with Crippen molar-refractivity contribution in [1.82, 2.24) is 20.0 Å². The van der Waals surface area contributed by atoms with Gasteiger partial charge in [-0.15, -0.1) is 0 Å². The van der Waals surface area contributed by atoms with Crippen molar-refractivity contribution >= 4 is 23.2 Å². The second kappa shape index (κ2) is 9.79. The number of hydrogen-bond acceptors (Lipinski definition) is 6. The summed E-state index contributed by atoms with van der Waals surface area (Å²) < 4.78 is 39.5. The molecule has 2 N–H and O–H groups in total. The van der Waals surface area contributed by atoms with Gasteiger partial charge in [0, 0.05) is 67.8 Å². The molecule has 2 aromatic heterocycles. The van der Waals surface area contributed by atoms with Crippen molar-refractivity contribution in [3.05, 3.63) is 40.3 Å². The highest BCUT2D eigenvalue weighted by Gasteiger charge is 2.43. The minimum absolute atomic E-state index is 0.0184. The maximum Gasteiger partial charge on any atom is 0.490 e. The number of carbonyl (C=O) groups is 2. The molecule has 4 rings (SSSR count). The van der Waals surface area contributed by atoms with Crippen LogP contribution in [0.4, 0.5) is 13.2 Å². The molecule has 2 aliphatic rings. The summed E-state index contributed by atoms with van der Waals surface area (Å²) in [5, 5.41) is 18.2. The molecule has 4 heterocycles. The molecule has 0 aliphatic carbocycles. The van der Waals surface area contributed by atoms with Crippen molar-refractivity contribution in [3.63, 3.8) is 0 Å². The van der Waals surface area contributed by atoms with Crippen LogP contribution in [0, 0.1) is 11.8 Å². The minimum Gasteiger partial charge on any atom is -0.475 e. The lowest BCUT2D eigenvalue weighted by molar-refractivity contribution is -0.192. The SMILES string of the molecule is Cn1cc(CN2C[C@@H]3[C@@H](CNC(=O)c4ccsc4)CO[C@@H]3C2)cn1.O=C(O)C(F)(F)F. The molecule has 0 radical (unpaired) electrons. The predicted molar refractivity (Wildman–Crippen MR) is 106 cm³/mol. The number of aryl methyl sites for hydroxylation is 1. The number of aromatic nitrogens is 2. The molecule has 2 fully saturated rings. The molecule has 31 heavy (non-hydrogen) atoms. The minimum atomic E-state index is -5.08. The maximum absolute atomic E-state index is 12.1. The van der Waals surface area contributed by atoms with Crippen LogP contribution in [0.15, 0.2) is 29.2 Å². The third kappa shape index (κ3) is 6.28. The first-order chi connectivity index (χ1) is 14.6. The summed E-state index contributed by atoms with van der Waals surface area (Å²) in [5.74, 6) is -1.83. The largest absolute Gasteiger partial charge is 0.490 e. The third-order valence-corrected chi connectivity index (χ3v) is 5.91. The van der Waals surface area contributed by atoms with Crippen molar-refractivity contribution in [2.75, 3.05) is 26.2 Å². The van der Waals surface area contributed by atoms with Crippen molar-refractivity contribution in [1.29, 1.82) is 0 Å². The van der Waals surface area contributed by atoms with E-state index in [4.69, 9.17) is 14.6 Å². The molecule has 2 aliphatic heterocycles. The van der Waals surface area contributed by atoms with Crippen molar-refractivity contribution in [2.24, 2.45) is 18.9 Å². The van der Waals surface area contributed by atoms with Crippen LogP contribution in [0.2, 0.25) is 0 Å². The number of carboxylic acid groups (broad SMARTS) is 1. The topological polar surface area (TPSA) is 96.7 Å². The Morgan fingerprint density at radius 3 is 2.71 bits per heavy atom. The number of alkyl halides is 3. The van der Waals surface area contributed by atoms with Gasteiger partial charge in [-0.3, -0.25) is 14.4 Å². The zero-order chi connectivity index (χ0) is 22.6. The summed E-state index contributed by atoms with van der Waals surface area (Å²) in [4.78, 5) is 23.4. The summed E-state index contributed by atoms with van der Waals surface area (Å²) >= 11 is 1.55.